The number of ether oxygens (including phenoxy) is 2. The third kappa shape index (κ3) is 8.42. The van der Waals surface area contributed by atoms with Gasteiger partial charge in [-0.25, -0.2) is 4.79 Å². The fraction of sp³-hybridized carbons (Fsp3) is 0.529. The highest BCUT2D eigenvalue weighted by Gasteiger charge is 2.30. The number of carbonyl (C=O) groups excluding carboxylic acids is 2. The molecular formula is C17H22F3NO4. The fourth-order valence-electron chi connectivity index (χ4n) is 1.96. The second kappa shape index (κ2) is 8.22. The second-order valence-corrected chi connectivity index (χ2v) is 6.54. The quantitative estimate of drug-likeness (QED) is 0.812. The molecule has 0 aromatic heterocycles. The van der Waals surface area contributed by atoms with Crippen molar-refractivity contribution < 1.29 is 32.2 Å². The Balaban J connectivity index is 2.79. The minimum atomic E-state index is -4.41. The van der Waals surface area contributed by atoms with Crippen LogP contribution in [0.15, 0.2) is 24.3 Å². The zero-order chi connectivity index (χ0) is 19.3. The number of esters is 1. The van der Waals surface area contributed by atoms with E-state index in [4.69, 9.17) is 9.47 Å². The summed E-state index contributed by atoms with van der Waals surface area (Å²) in [5, 5.41) is 2.56. The van der Waals surface area contributed by atoms with Crippen LogP contribution in [0.4, 0.5) is 18.0 Å². The summed E-state index contributed by atoms with van der Waals surface area (Å²) >= 11 is 0. The van der Waals surface area contributed by atoms with Crippen LogP contribution in [-0.4, -0.2) is 30.3 Å². The molecular weight excluding hydrogens is 339 g/mol. The van der Waals surface area contributed by atoms with Crippen molar-refractivity contribution in [3.05, 3.63) is 35.4 Å². The highest BCUT2D eigenvalue weighted by atomic mass is 19.4. The zero-order valence-electron chi connectivity index (χ0n) is 14.6. The lowest BCUT2D eigenvalue weighted by molar-refractivity contribution is -0.141. The number of alkyl halides is 3. The van der Waals surface area contributed by atoms with Gasteiger partial charge in [0.25, 0.3) is 0 Å². The highest BCUT2D eigenvalue weighted by Crippen LogP contribution is 2.29. The van der Waals surface area contributed by atoms with Crippen molar-refractivity contribution in [1.82, 2.24) is 5.32 Å². The summed E-state index contributed by atoms with van der Waals surface area (Å²) in [6, 6.07) is 3.94. The van der Waals surface area contributed by atoms with E-state index in [0.717, 1.165) is 12.1 Å². The summed E-state index contributed by atoms with van der Waals surface area (Å²) in [5.74, 6) is -0.525. The van der Waals surface area contributed by atoms with Crippen LogP contribution >= 0.6 is 0 Å². The van der Waals surface area contributed by atoms with Gasteiger partial charge in [-0.15, -0.1) is 0 Å². The molecule has 25 heavy (non-hydrogen) atoms. The first-order valence-electron chi connectivity index (χ1n) is 7.66. The molecule has 1 atom stereocenters. The van der Waals surface area contributed by atoms with Gasteiger partial charge in [-0.3, -0.25) is 4.79 Å². The molecule has 8 heteroatoms. The van der Waals surface area contributed by atoms with Crippen molar-refractivity contribution in [2.45, 2.75) is 51.9 Å². The molecule has 0 bridgehead atoms. The minimum absolute atomic E-state index is 0.115. The van der Waals surface area contributed by atoms with Gasteiger partial charge in [0.1, 0.15) is 12.2 Å². The van der Waals surface area contributed by atoms with Crippen molar-refractivity contribution in [2.24, 2.45) is 0 Å². The van der Waals surface area contributed by atoms with Gasteiger partial charge in [-0.05, 0) is 44.9 Å². The van der Waals surface area contributed by atoms with Crippen molar-refractivity contribution in [3.8, 4) is 0 Å². The van der Waals surface area contributed by atoms with Gasteiger partial charge < -0.3 is 14.8 Å². The van der Waals surface area contributed by atoms with Gasteiger partial charge in [0, 0.05) is 6.92 Å². The topological polar surface area (TPSA) is 64.6 Å². The van der Waals surface area contributed by atoms with Crippen molar-refractivity contribution in [3.63, 3.8) is 0 Å². The number of hydrogen-bond donors (Lipinski definition) is 1. The van der Waals surface area contributed by atoms with Crippen LogP contribution in [0.25, 0.3) is 0 Å². The van der Waals surface area contributed by atoms with Gasteiger partial charge in [0.15, 0.2) is 0 Å². The normalized spacial score (nSPS) is 13.1. The van der Waals surface area contributed by atoms with Gasteiger partial charge >= 0.3 is 18.2 Å². The molecule has 0 aliphatic rings. The van der Waals surface area contributed by atoms with E-state index in [1.54, 1.807) is 20.8 Å². The van der Waals surface area contributed by atoms with Crippen LogP contribution in [-0.2, 0) is 26.9 Å². The number of carbonyl (C=O) groups is 2. The molecule has 0 fully saturated rings. The molecule has 0 unspecified atom stereocenters. The maximum Gasteiger partial charge on any atom is 0.416 e. The van der Waals surface area contributed by atoms with Crippen LogP contribution in [0.3, 0.4) is 0 Å². The van der Waals surface area contributed by atoms with E-state index in [1.807, 2.05) is 0 Å². The van der Waals surface area contributed by atoms with Crippen molar-refractivity contribution in [2.75, 3.05) is 6.61 Å². The molecule has 1 amide bonds. The Morgan fingerprint density at radius 3 is 2.12 bits per heavy atom. The summed E-state index contributed by atoms with van der Waals surface area (Å²) in [7, 11) is 0. The molecule has 0 radical (unpaired) electrons. The first-order chi connectivity index (χ1) is 11.4. The van der Waals surface area contributed by atoms with Gasteiger partial charge in [-0.2, -0.15) is 13.2 Å². The van der Waals surface area contributed by atoms with E-state index < -0.39 is 35.4 Å². The number of benzene rings is 1. The minimum Gasteiger partial charge on any atom is -0.464 e. The van der Waals surface area contributed by atoms with Crippen LogP contribution in [0, 0.1) is 0 Å². The van der Waals surface area contributed by atoms with Crippen LogP contribution in [0.1, 0.15) is 38.8 Å². The van der Waals surface area contributed by atoms with Gasteiger partial charge in [-0.1, -0.05) is 12.1 Å². The molecule has 1 aromatic rings. The second-order valence-electron chi connectivity index (χ2n) is 6.54. The molecule has 0 heterocycles. The van der Waals surface area contributed by atoms with Gasteiger partial charge in [0.2, 0.25) is 0 Å². The van der Waals surface area contributed by atoms with Crippen LogP contribution < -0.4 is 5.32 Å². The number of rotatable bonds is 5. The van der Waals surface area contributed by atoms with Crippen LogP contribution in [0.2, 0.25) is 0 Å². The molecule has 0 aliphatic heterocycles. The van der Waals surface area contributed by atoms with E-state index >= 15 is 0 Å². The number of halogens is 3. The van der Waals surface area contributed by atoms with Crippen LogP contribution in [0.5, 0.6) is 0 Å². The summed E-state index contributed by atoms with van der Waals surface area (Å²) in [6.07, 6.45) is -4.92. The van der Waals surface area contributed by atoms with E-state index in [1.165, 1.54) is 19.1 Å². The molecule has 0 aliphatic carbocycles. The van der Waals surface area contributed by atoms with E-state index in [0.29, 0.717) is 5.56 Å². The molecule has 1 aromatic carbocycles. The molecule has 0 saturated carbocycles. The SMILES string of the molecule is CC(=O)OC[C@@H](Cc1ccc(C(F)(F)F)cc1)NC(=O)OC(C)(C)C. The Bertz CT molecular complexity index is 591. The molecule has 1 rings (SSSR count). The highest BCUT2D eigenvalue weighted by molar-refractivity contribution is 5.68. The Hall–Kier alpha value is -2.25. The average Bonchev–Trinajstić information content (AvgIpc) is 2.42. The number of nitrogens with one attached hydrogen (secondary N) is 1. The number of hydrogen-bond acceptors (Lipinski definition) is 4. The average molecular weight is 361 g/mol. The van der Waals surface area contributed by atoms with E-state index in [9.17, 15) is 22.8 Å². The standard InChI is InChI=1S/C17H22F3NO4/c1-11(22)24-10-14(21-15(23)25-16(2,3)4)9-12-5-7-13(8-6-12)17(18,19)20/h5-8,14H,9-10H2,1-4H3,(H,21,23)/t14-/m1/s1. The molecule has 0 saturated heterocycles. The maximum atomic E-state index is 12.6. The summed E-state index contributed by atoms with van der Waals surface area (Å²) in [5.41, 5.74) is -0.904. The third-order valence-electron chi connectivity index (χ3n) is 2.97. The van der Waals surface area contributed by atoms with Gasteiger partial charge in [0.05, 0.1) is 11.6 Å². The molecule has 5 nitrogen and oxygen atoms in total. The summed E-state index contributed by atoms with van der Waals surface area (Å²) in [6.45, 7) is 6.20. The summed E-state index contributed by atoms with van der Waals surface area (Å²) < 4.78 is 47.8. The zero-order valence-corrected chi connectivity index (χ0v) is 14.6. The lowest BCUT2D eigenvalue weighted by Gasteiger charge is -2.23. The Morgan fingerprint density at radius 2 is 1.68 bits per heavy atom. The van der Waals surface area contributed by atoms with E-state index in [-0.39, 0.29) is 13.0 Å². The van der Waals surface area contributed by atoms with E-state index in [2.05, 4.69) is 5.32 Å². The maximum absolute atomic E-state index is 12.6. The first kappa shape index (κ1) is 20.8. The monoisotopic (exact) mass is 361 g/mol. The van der Waals surface area contributed by atoms with Crippen molar-refractivity contribution in [1.29, 1.82) is 0 Å². The fourth-order valence-corrected chi connectivity index (χ4v) is 1.96. The Morgan fingerprint density at radius 1 is 1.12 bits per heavy atom. The predicted octanol–water partition coefficient (Wildman–Crippen LogP) is 3.70. The lowest BCUT2D eigenvalue weighted by Crippen LogP contribution is -2.43. The molecule has 1 N–H and O–H groups in total. The Labute approximate surface area is 144 Å². The number of alkyl carbamates (subject to hydrolysis) is 1. The smallest absolute Gasteiger partial charge is 0.416 e. The number of amides is 1. The molecule has 0 spiro atoms. The van der Waals surface area contributed by atoms with Crippen molar-refractivity contribution >= 4 is 12.1 Å². The first-order valence-corrected chi connectivity index (χ1v) is 7.66. The lowest BCUT2D eigenvalue weighted by atomic mass is 10.0. The Kier molecular flexibility index (Phi) is 6.84. The third-order valence-corrected chi connectivity index (χ3v) is 2.97. The molecule has 140 valence electrons. The largest absolute Gasteiger partial charge is 0.464 e. The predicted molar refractivity (Wildman–Crippen MR) is 84.9 cm³/mol. The summed E-state index contributed by atoms with van der Waals surface area (Å²) in [4.78, 5) is 22.8.